The van der Waals surface area contributed by atoms with Crippen LogP contribution in [0, 0.1) is 23.7 Å². The maximum Gasteiger partial charge on any atom is 0.117 e. The summed E-state index contributed by atoms with van der Waals surface area (Å²) in [5, 5.41) is 1.54. The zero-order chi connectivity index (χ0) is 51.6. The Kier molecular flexibility index (Phi) is 9.13. The lowest BCUT2D eigenvalue weighted by Gasteiger charge is -2.63. The highest BCUT2D eigenvalue weighted by molar-refractivity contribution is 6.55. The summed E-state index contributed by atoms with van der Waals surface area (Å²) in [6.07, 6.45) is 0. The van der Waals surface area contributed by atoms with Crippen LogP contribution in [0.2, 0.25) is 0 Å². The van der Waals surface area contributed by atoms with E-state index in [1.54, 1.807) is 0 Å². The van der Waals surface area contributed by atoms with Gasteiger partial charge in [-0.25, -0.2) is 0 Å². The molecule has 0 nitrogen and oxygen atoms in total. The van der Waals surface area contributed by atoms with Crippen LogP contribution in [-0.4, -0.2) is 0 Å². The number of fused-ring (bicyclic) bond motifs is 15. The van der Waals surface area contributed by atoms with Crippen molar-refractivity contribution in [3.8, 4) is 23.7 Å². The van der Waals surface area contributed by atoms with Gasteiger partial charge in [0.2, 0.25) is 0 Å². The Morgan fingerprint density at radius 3 is 1.63 bits per heavy atom. The number of benzene rings is 9. The predicted octanol–water partition coefficient (Wildman–Crippen LogP) is 17.9. The zero-order valence-electron chi connectivity index (χ0n) is 41.8. The molecule has 0 saturated heterocycles. The molecule has 78 heavy (non-hydrogen) atoms. The van der Waals surface area contributed by atoms with Gasteiger partial charge >= 0.3 is 0 Å². The fraction of sp³-hybridized carbons (Fsp3) is 0.0667. The standard InChI is InChI=1S/C75H41Cl3/c76-68-52-33-14-12-31-50(52)60-64(68)62-55-35-17-20-38-58(55)74-67(48-28-8-3-9-29-48)61-51-32-13-15-34-53(51)69(77)65(61)63-56-36-18-21-39-59(56)75(78,72(63)74)70-54(43-42-46-25-11-10-24-45(46)41-40-44-22-4-1-5-23-44)49-30-16-19-37-57(49)73(70,71(62)74)66(60)47-26-6-2-7-27-47/h1-39,61,67H/t61?,67?,73-,74+,75+/m1/s1. The molecular formula is C75H41Cl3. The van der Waals surface area contributed by atoms with Crippen LogP contribution in [0.1, 0.15) is 95.3 Å². The molecule has 0 heterocycles. The van der Waals surface area contributed by atoms with Gasteiger partial charge in [0.25, 0.3) is 0 Å². The van der Waals surface area contributed by atoms with Crippen molar-refractivity contribution in [3.05, 3.63) is 348 Å². The first-order valence-electron chi connectivity index (χ1n) is 26.8. The van der Waals surface area contributed by atoms with Gasteiger partial charge in [-0.05, 0) is 130 Å². The van der Waals surface area contributed by atoms with Gasteiger partial charge in [-0.3, -0.25) is 0 Å². The van der Waals surface area contributed by atoms with Gasteiger partial charge in [-0.1, -0.05) is 259 Å². The van der Waals surface area contributed by atoms with Crippen molar-refractivity contribution in [2.75, 3.05) is 0 Å². The molecule has 2 spiro atoms. The van der Waals surface area contributed by atoms with E-state index < -0.39 is 15.7 Å². The third-order valence-electron chi connectivity index (χ3n) is 18.3. The molecule has 0 amide bonds. The highest BCUT2D eigenvalue weighted by Crippen LogP contribution is 2.87. The molecule has 362 valence electrons. The van der Waals surface area contributed by atoms with Crippen LogP contribution >= 0.6 is 34.8 Å². The third-order valence-corrected chi connectivity index (χ3v) is 19.7. The fourth-order valence-corrected chi connectivity index (χ4v) is 17.3. The molecule has 2 unspecified atom stereocenters. The lowest BCUT2D eigenvalue weighted by atomic mass is 9.39. The van der Waals surface area contributed by atoms with Gasteiger partial charge in [0.15, 0.2) is 0 Å². The van der Waals surface area contributed by atoms with Crippen LogP contribution in [0.3, 0.4) is 0 Å². The topological polar surface area (TPSA) is 0 Å². The van der Waals surface area contributed by atoms with Gasteiger partial charge in [-0.2, -0.15) is 0 Å². The Labute approximate surface area is 468 Å². The van der Waals surface area contributed by atoms with Crippen LogP contribution in [0.5, 0.6) is 0 Å². The molecule has 8 aliphatic carbocycles. The minimum Gasteiger partial charge on any atom is -0.104 e. The van der Waals surface area contributed by atoms with E-state index in [4.69, 9.17) is 23.2 Å². The third kappa shape index (κ3) is 5.27. The van der Waals surface area contributed by atoms with Crippen molar-refractivity contribution in [2.24, 2.45) is 0 Å². The minimum absolute atomic E-state index is 0.162. The van der Waals surface area contributed by atoms with Gasteiger partial charge < -0.3 is 0 Å². The molecule has 5 atom stereocenters. The second-order valence-electron chi connectivity index (χ2n) is 21.5. The molecule has 1 saturated carbocycles. The predicted molar refractivity (Wildman–Crippen MR) is 320 cm³/mol. The van der Waals surface area contributed by atoms with E-state index in [1.807, 2.05) is 36.4 Å². The number of halogens is 3. The maximum atomic E-state index is 9.66. The molecule has 17 rings (SSSR count). The van der Waals surface area contributed by atoms with E-state index >= 15 is 0 Å². The van der Waals surface area contributed by atoms with E-state index in [1.165, 1.54) is 39.0 Å². The Morgan fingerprint density at radius 1 is 0.372 bits per heavy atom. The molecule has 9 aromatic rings. The minimum atomic E-state index is -1.30. The molecule has 0 radical (unpaired) electrons. The van der Waals surface area contributed by atoms with Crippen LogP contribution in [0.15, 0.2) is 264 Å². The molecule has 0 N–H and O–H groups in total. The first-order valence-corrected chi connectivity index (χ1v) is 27.9. The highest BCUT2D eigenvalue weighted by atomic mass is 35.5. The van der Waals surface area contributed by atoms with Crippen molar-refractivity contribution in [1.29, 1.82) is 0 Å². The average Bonchev–Trinajstić information content (AvgIpc) is 2.73. The van der Waals surface area contributed by atoms with E-state index in [2.05, 4.69) is 224 Å². The lowest BCUT2D eigenvalue weighted by Crippen LogP contribution is -2.58. The summed E-state index contributed by atoms with van der Waals surface area (Å²) in [6.45, 7) is 0. The van der Waals surface area contributed by atoms with Crippen molar-refractivity contribution in [3.63, 3.8) is 0 Å². The summed E-state index contributed by atoms with van der Waals surface area (Å²) in [5.41, 5.74) is 25.5. The number of allylic oxidation sites excluding steroid dienone is 10. The Balaban J connectivity index is 1.13. The first-order chi connectivity index (χ1) is 38.5. The van der Waals surface area contributed by atoms with Gasteiger partial charge in [0.1, 0.15) is 4.87 Å². The number of rotatable bonds is 2. The normalized spacial score (nSPS) is 23.5. The van der Waals surface area contributed by atoms with Gasteiger partial charge in [0, 0.05) is 45.2 Å². The van der Waals surface area contributed by atoms with E-state index in [0.29, 0.717) is 0 Å². The van der Waals surface area contributed by atoms with Crippen molar-refractivity contribution in [2.45, 2.75) is 27.5 Å². The smallest absolute Gasteiger partial charge is 0.104 e. The number of hydrogen-bond donors (Lipinski definition) is 0. The van der Waals surface area contributed by atoms with E-state index in [0.717, 1.165) is 110 Å². The van der Waals surface area contributed by atoms with Crippen LogP contribution in [0.4, 0.5) is 0 Å². The second kappa shape index (κ2) is 16.0. The Bertz CT molecular complexity index is 4600. The molecule has 0 bridgehead atoms. The van der Waals surface area contributed by atoms with E-state index in [-0.39, 0.29) is 11.8 Å². The van der Waals surface area contributed by atoms with Crippen molar-refractivity contribution in [1.82, 2.24) is 0 Å². The molecule has 1 fully saturated rings. The summed E-state index contributed by atoms with van der Waals surface area (Å²) < 4.78 is 0. The summed E-state index contributed by atoms with van der Waals surface area (Å²) in [5.74, 6) is 14.4. The van der Waals surface area contributed by atoms with Crippen molar-refractivity contribution < 1.29 is 0 Å². The molecular weight excluding hydrogens is 1010 g/mol. The summed E-state index contributed by atoms with van der Waals surface area (Å²) in [6, 6.07) is 85.7. The molecule has 3 heteroatoms. The summed E-state index contributed by atoms with van der Waals surface area (Å²) >= 11 is 26.0. The van der Waals surface area contributed by atoms with Crippen LogP contribution < -0.4 is 0 Å². The Hall–Kier alpha value is -8.59. The lowest BCUT2D eigenvalue weighted by molar-refractivity contribution is 0.350. The van der Waals surface area contributed by atoms with Crippen molar-refractivity contribution >= 4 is 72.7 Å². The fourth-order valence-electron chi connectivity index (χ4n) is 15.9. The average molecular weight is 1050 g/mol. The van der Waals surface area contributed by atoms with Gasteiger partial charge in [0.05, 0.1) is 20.9 Å². The monoisotopic (exact) mass is 1050 g/mol. The second-order valence-corrected chi connectivity index (χ2v) is 22.9. The van der Waals surface area contributed by atoms with Gasteiger partial charge in [-0.15, -0.1) is 11.6 Å². The molecule has 0 aliphatic heterocycles. The quantitative estimate of drug-likeness (QED) is 0.120. The maximum absolute atomic E-state index is 9.66. The van der Waals surface area contributed by atoms with Crippen LogP contribution in [0.25, 0.3) is 37.9 Å². The number of alkyl halides is 1. The first kappa shape index (κ1) is 44.5. The summed E-state index contributed by atoms with van der Waals surface area (Å²) in [7, 11) is 0. The summed E-state index contributed by atoms with van der Waals surface area (Å²) in [4.78, 5) is -1.30. The molecule has 9 aromatic carbocycles. The zero-order valence-corrected chi connectivity index (χ0v) is 44.1. The highest BCUT2D eigenvalue weighted by Gasteiger charge is 2.79. The largest absolute Gasteiger partial charge is 0.117 e. The van der Waals surface area contributed by atoms with Crippen LogP contribution in [-0.2, 0) is 15.7 Å². The molecule has 0 aromatic heterocycles. The molecule has 8 aliphatic rings. The van der Waals surface area contributed by atoms with E-state index in [9.17, 15) is 11.6 Å². The SMILES string of the molecule is ClC1=C2C(=C(c3ccccc3)[C@@]34C(=C(C#Cc5ccccc5C#Cc5ccccc5)c5ccccc53)[C@]3(Cl)C5=C(C6=C(Cl)c7ccccc7C6C(c6ccccc6)[C@@]56C4=C2c2ccccc26)c2ccccc23)c2ccccc21. The Morgan fingerprint density at radius 2 is 0.910 bits per heavy atom. The number of hydrogen-bond acceptors (Lipinski definition) is 0.